The molecule has 20 heavy (non-hydrogen) atoms. The Morgan fingerprint density at radius 1 is 1.35 bits per heavy atom. The summed E-state index contributed by atoms with van der Waals surface area (Å²) in [5, 5.41) is 14.6. The lowest BCUT2D eigenvalue weighted by Gasteiger charge is -2.38. The van der Waals surface area contributed by atoms with Crippen molar-refractivity contribution in [2.24, 2.45) is 5.41 Å². The highest BCUT2D eigenvalue weighted by Crippen LogP contribution is 2.39. The molecule has 2 rings (SSSR count). The van der Waals surface area contributed by atoms with Gasteiger partial charge in [-0.15, -0.1) is 0 Å². The number of carboxylic acid groups (broad SMARTS) is 1. The Morgan fingerprint density at radius 3 is 2.60 bits per heavy atom. The smallest absolute Gasteiger partial charge is 0.336 e. The van der Waals surface area contributed by atoms with Gasteiger partial charge >= 0.3 is 12.0 Å². The van der Waals surface area contributed by atoms with Crippen LogP contribution in [0, 0.1) is 12.3 Å². The minimum atomic E-state index is -0.992. The summed E-state index contributed by atoms with van der Waals surface area (Å²) >= 11 is 0. The van der Waals surface area contributed by atoms with Crippen molar-refractivity contribution in [1.29, 1.82) is 0 Å². The van der Waals surface area contributed by atoms with Gasteiger partial charge in [0.15, 0.2) is 0 Å². The lowest BCUT2D eigenvalue weighted by atomic mass is 9.70. The molecule has 0 atom stereocenters. The third kappa shape index (κ3) is 3.10. The number of nitrogens with one attached hydrogen (secondary N) is 2. The Balaban J connectivity index is 1.97. The van der Waals surface area contributed by atoms with Gasteiger partial charge in [-0.2, -0.15) is 0 Å². The Morgan fingerprint density at radius 2 is 2.05 bits per heavy atom. The van der Waals surface area contributed by atoms with E-state index in [9.17, 15) is 9.59 Å². The molecule has 1 fully saturated rings. The molecule has 1 aliphatic rings. The van der Waals surface area contributed by atoms with Gasteiger partial charge < -0.3 is 15.7 Å². The number of hydrogen-bond acceptors (Lipinski definition) is 2. The number of aromatic carboxylic acids is 1. The molecule has 1 aromatic carbocycles. The van der Waals surface area contributed by atoms with E-state index in [4.69, 9.17) is 5.11 Å². The van der Waals surface area contributed by atoms with Crippen LogP contribution in [0.25, 0.3) is 0 Å². The van der Waals surface area contributed by atoms with Crippen LogP contribution in [0.5, 0.6) is 0 Å². The summed E-state index contributed by atoms with van der Waals surface area (Å²) < 4.78 is 0. The molecule has 1 saturated carbocycles. The average molecular weight is 276 g/mol. The largest absolute Gasteiger partial charge is 0.478 e. The number of urea groups is 1. The van der Waals surface area contributed by atoms with Crippen LogP contribution in [-0.4, -0.2) is 23.7 Å². The highest BCUT2D eigenvalue weighted by molar-refractivity contribution is 5.95. The normalized spacial score (nSPS) is 16.1. The molecule has 0 unspecified atom stereocenters. The second-order valence-corrected chi connectivity index (χ2v) is 5.76. The van der Waals surface area contributed by atoms with E-state index in [1.807, 2.05) is 0 Å². The second-order valence-electron chi connectivity index (χ2n) is 5.76. The van der Waals surface area contributed by atoms with Crippen LogP contribution in [0.2, 0.25) is 0 Å². The van der Waals surface area contributed by atoms with Gasteiger partial charge in [0.2, 0.25) is 0 Å². The van der Waals surface area contributed by atoms with Gasteiger partial charge in [0.05, 0.1) is 5.56 Å². The first-order valence-electron chi connectivity index (χ1n) is 6.79. The minimum absolute atomic E-state index is 0.203. The van der Waals surface area contributed by atoms with Crippen molar-refractivity contribution in [3.63, 3.8) is 0 Å². The van der Waals surface area contributed by atoms with E-state index in [-0.39, 0.29) is 17.0 Å². The maximum Gasteiger partial charge on any atom is 0.336 e. The predicted molar refractivity (Wildman–Crippen MR) is 77.1 cm³/mol. The average Bonchev–Trinajstić information content (AvgIpc) is 2.36. The van der Waals surface area contributed by atoms with Crippen LogP contribution in [0.4, 0.5) is 10.5 Å². The van der Waals surface area contributed by atoms with Crippen LogP contribution in [0.3, 0.4) is 0 Å². The topological polar surface area (TPSA) is 78.4 Å². The predicted octanol–water partition coefficient (Wildman–Crippen LogP) is 3.00. The number of anilines is 1. The molecule has 0 bridgehead atoms. The maximum absolute atomic E-state index is 11.9. The summed E-state index contributed by atoms with van der Waals surface area (Å²) in [7, 11) is 0. The van der Waals surface area contributed by atoms with E-state index in [0.29, 0.717) is 17.8 Å². The van der Waals surface area contributed by atoms with Crippen molar-refractivity contribution in [1.82, 2.24) is 5.32 Å². The van der Waals surface area contributed by atoms with Crippen LogP contribution in [-0.2, 0) is 0 Å². The molecule has 0 aromatic heterocycles. The Labute approximate surface area is 118 Å². The van der Waals surface area contributed by atoms with Crippen molar-refractivity contribution >= 4 is 17.7 Å². The van der Waals surface area contributed by atoms with Gasteiger partial charge in [-0.3, -0.25) is 0 Å². The molecule has 0 heterocycles. The molecule has 2 amide bonds. The highest BCUT2D eigenvalue weighted by atomic mass is 16.4. The molecule has 108 valence electrons. The summed E-state index contributed by atoms with van der Waals surface area (Å²) in [5.74, 6) is -0.992. The van der Waals surface area contributed by atoms with E-state index < -0.39 is 5.97 Å². The highest BCUT2D eigenvalue weighted by Gasteiger charge is 2.31. The van der Waals surface area contributed by atoms with E-state index in [0.717, 1.165) is 12.8 Å². The molecule has 0 radical (unpaired) electrons. The fourth-order valence-electron chi connectivity index (χ4n) is 2.42. The van der Waals surface area contributed by atoms with Crippen LogP contribution < -0.4 is 10.6 Å². The summed E-state index contributed by atoms with van der Waals surface area (Å²) in [5.41, 5.74) is 1.51. The quantitative estimate of drug-likeness (QED) is 0.791. The third-order valence-corrected chi connectivity index (χ3v) is 4.05. The van der Waals surface area contributed by atoms with Gasteiger partial charge in [-0.25, -0.2) is 9.59 Å². The number of carbonyl (C=O) groups excluding carboxylic acids is 1. The van der Waals surface area contributed by atoms with Crippen molar-refractivity contribution in [2.45, 2.75) is 33.1 Å². The Bertz CT molecular complexity index is 536. The zero-order valence-electron chi connectivity index (χ0n) is 11.8. The Hall–Kier alpha value is -2.04. The molecule has 3 N–H and O–H groups in total. The first kappa shape index (κ1) is 14.4. The summed E-state index contributed by atoms with van der Waals surface area (Å²) in [6, 6.07) is 4.56. The van der Waals surface area contributed by atoms with Crippen molar-refractivity contribution in [3.05, 3.63) is 29.3 Å². The van der Waals surface area contributed by atoms with Crippen LogP contribution >= 0.6 is 0 Å². The van der Waals surface area contributed by atoms with E-state index in [1.165, 1.54) is 12.5 Å². The van der Waals surface area contributed by atoms with E-state index >= 15 is 0 Å². The molecule has 0 spiro atoms. The molecule has 5 heteroatoms. The maximum atomic E-state index is 11.9. The number of carboxylic acids is 1. The number of rotatable bonds is 4. The van der Waals surface area contributed by atoms with E-state index in [2.05, 4.69) is 17.6 Å². The fourth-order valence-corrected chi connectivity index (χ4v) is 2.42. The molecule has 1 aromatic rings. The van der Waals surface area contributed by atoms with Crippen LogP contribution in [0.1, 0.15) is 42.1 Å². The van der Waals surface area contributed by atoms with E-state index in [1.54, 1.807) is 19.1 Å². The van der Waals surface area contributed by atoms with Gasteiger partial charge in [-0.1, -0.05) is 19.4 Å². The standard InChI is InChI=1S/C15H20N2O3/c1-10-11(13(18)19)5-3-6-12(10)17-14(20)16-9-15(2)7-4-8-15/h3,5-6H,4,7-9H2,1-2H3,(H,18,19)(H2,16,17,20). The fraction of sp³-hybridized carbons (Fsp3) is 0.467. The zero-order chi connectivity index (χ0) is 14.8. The van der Waals surface area contributed by atoms with Crippen molar-refractivity contribution in [2.75, 3.05) is 11.9 Å². The summed E-state index contributed by atoms with van der Waals surface area (Å²) in [6.07, 6.45) is 3.50. The van der Waals surface area contributed by atoms with Crippen molar-refractivity contribution < 1.29 is 14.7 Å². The number of benzene rings is 1. The monoisotopic (exact) mass is 276 g/mol. The second kappa shape index (κ2) is 5.53. The van der Waals surface area contributed by atoms with Crippen LogP contribution in [0.15, 0.2) is 18.2 Å². The third-order valence-electron chi connectivity index (χ3n) is 4.05. The van der Waals surface area contributed by atoms with Gasteiger partial charge in [0.25, 0.3) is 0 Å². The molecule has 0 aliphatic heterocycles. The summed E-state index contributed by atoms with van der Waals surface area (Å²) in [6.45, 7) is 4.50. The first-order valence-corrected chi connectivity index (χ1v) is 6.79. The van der Waals surface area contributed by atoms with Gasteiger partial charge in [0, 0.05) is 12.2 Å². The molecule has 1 aliphatic carbocycles. The SMILES string of the molecule is Cc1c(NC(=O)NCC2(C)CCC2)cccc1C(=O)O. The van der Waals surface area contributed by atoms with Crippen molar-refractivity contribution in [3.8, 4) is 0 Å². The molecular weight excluding hydrogens is 256 g/mol. The molecular formula is C15H20N2O3. The first-order chi connectivity index (χ1) is 9.41. The Kier molecular flexibility index (Phi) is 3.97. The number of carbonyl (C=O) groups is 2. The number of amides is 2. The van der Waals surface area contributed by atoms with Gasteiger partial charge in [0.1, 0.15) is 0 Å². The summed E-state index contributed by atoms with van der Waals surface area (Å²) in [4.78, 5) is 22.9. The minimum Gasteiger partial charge on any atom is -0.478 e. The lowest BCUT2D eigenvalue weighted by Crippen LogP contribution is -2.41. The lowest BCUT2D eigenvalue weighted by molar-refractivity contribution is 0.0696. The number of hydrogen-bond donors (Lipinski definition) is 3. The molecule has 0 saturated heterocycles. The molecule has 5 nitrogen and oxygen atoms in total. The zero-order valence-corrected chi connectivity index (χ0v) is 11.8. The van der Waals surface area contributed by atoms with Gasteiger partial charge in [-0.05, 0) is 42.9 Å².